The van der Waals surface area contributed by atoms with Crippen LogP contribution in [0.15, 0.2) is 35.7 Å². The fourth-order valence-corrected chi connectivity index (χ4v) is 4.19. The molecule has 0 atom stereocenters. The van der Waals surface area contributed by atoms with Crippen LogP contribution in [0.4, 0.5) is 0 Å². The maximum Gasteiger partial charge on any atom is 0.253 e. The summed E-state index contributed by atoms with van der Waals surface area (Å²) in [4.78, 5) is 18.4. The quantitative estimate of drug-likeness (QED) is 0.853. The van der Waals surface area contributed by atoms with Crippen LogP contribution in [0.25, 0.3) is 0 Å². The third-order valence-corrected chi connectivity index (χ3v) is 5.79. The van der Waals surface area contributed by atoms with Gasteiger partial charge in [-0.05, 0) is 47.7 Å². The highest BCUT2D eigenvalue weighted by Gasteiger charge is 2.36. The van der Waals surface area contributed by atoms with Crippen LogP contribution in [0.1, 0.15) is 26.4 Å². The Hall–Kier alpha value is -2.16. The molecule has 23 heavy (non-hydrogen) atoms. The molecule has 1 saturated heterocycles. The van der Waals surface area contributed by atoms with Crippen molar-refractivity contribution in [1.29, 1.82) is 5.26 Å². The molecule has 0 radical (unpaired) electrons. The van der Waals surface area contributed by atoms with E-state index in [1.54, 1.807) is 24.3 Å². The van der Waals surface area contributed by atoms with Gasteiger partial charge in [-0.3, -0.25) is 9.69 Å². The minimum atomic E-state index is 0.0685. The lowest BCUT2D eigenvalue weighted by molar-refractivity contribution is 0.0221. The molecule has 0 unspecified atom stereocenters. The monoisotopic (exact) mass is 323 g/mol. The van der Waals surface area contributed by atoms with E-state index < -0.39 is 0 Å². The first-order valence-corrected chi connectivity index (χ1v) is 8.71. The van der Waals surface area contributed by atoms with Crippen LogP contribution in [0.5, 0.6) is 0 Å². The molecule has 2 aliphatic rings. The summed E-state index contributed by atoms with van der Waals surface area (Å²) in [7, 11) is 0. The Bertz CT molecular complexity index is 768. The number of benzene rings is 1. The van der Waals surface area contributed by atoms with Gasteiger partial charge in [-0.25, -0.2) is 0 Å². The second-order valence-electron chi connectivity index (χ2n) is 6.14. The molecule has 0 saturated carbocycles. The zero-order valence-electron chi connectivity index (χ0n) is 12.7. The van der Waals surface area contributed by atoms with E-state index in [1.807, 2.05) is 16.2 Å². The van der Waals surface area contributed by atoms with Crippen molar-refractivity contribution in [2.24, 2.45) is 0 Å². The van der Waals surface area contributed by atoms with Gasteiger partial charge in [0.05, 0.1) is 11.6 Å². The minimum absolute atomic E-state index is 0.0685. The topological polar surface area (TPSA) is 47.3 Å². The summed E-state index contributed by atoms with van der Waals surface area (Å²) < 4.78 is 0. The molecule has 3 heterocycles. The third-order valence-electron chi connectivity index (χ3n) is 4.76. The zero-order valence-corrected chi connectivity index (χ0v) is 13.6. The van der Waals surface area contributed by atoms with Gasteiger partial charge in [-0.2, -0.15) is 5.26 Å². The molecule has 0 N–H and O–H groups in total. The average Bonchev–Trinajstić information content (AvgIpc) is 3.01. The number of nitriles is 1. The molecule has 4 nitrogen and oxygen atoms in total. The Morgan fingerprint density at radius 1 is 1.22 bits per heavy atom. The number of fused-ring (bicyclic) bond motifs is 1. The molecule has 1 aromatic carbocycles. The van der Waals surface area contributed by atoms with Gasteiger partial charge in [-0.15, -0.1) is 11.3 Å². The number of carbonyl (C=O) groups excluding carboxylic acids is 1. The summed E-state index contributed by atoms with van der Waals surface area (Å²) in [5.74, 6) is 0.0685. The Balaban J connectivity index is 1.36. The van der Waals surface area contributed by atoms with E-state index in [2.05, 4.69) is 22.4 Å². The lowest BCUT2D eigenvalue weighted by atomic mass is 10.0. The first-order valence-electron chi connectivity index (χ1n) is 7.83. The lowest BCUT2D eigenvalue weighted by Crippen LogP contribution is -2.61. The largest absolute Gasteiger partial charge is 0.335 e. The molecule has 4 rings (SSSR count). The molecule has 5 heteroatoms. The fourth-order valence-electron chi connectivity index (χ4n) is 3.30. The first-order chi connectivity index (χ1) is 11.2. The number of hydrogen-bond donors (Lipinski definition) is 0. The smallest absolute Gasteiger partial charge is 0.253 e. The summed E-state index contributed by atoms with van der Waals surface area (Å²) in [6, 6.07) is 11.7. The second-order valence-corrected chi connectivity index (χ2v) is 7.14. The van der Waals surface area contributed by atoms with E-state index in [1.165, 1.54) is 10.4 Å². The van der Waals surface area contributed by atoms with Gasteiger partial charge in [0.1, 0.15) is 0 Å². The number of carbonyl (C=O) groups is 1. The summed E-state index contributed by atoms with van der Waals surface area (Å²) in [6.45, 7) is 3.72. The highest BCUT2D eigenvalue weighted by Crippen LogP contribution is 2.28. The molecule has 0 aliphatic carbocycles. The normalized spacial score (nSPS) is 18.1. The van der Waals surface area contributed by atoms with E-state index in [4.69, 9.17) is 5.26 Å². The number of nitrogens with zero attached hydrogens (tertiary/aromatic N) is 3. The van der Waals surface area contributed by atoms with E-state index in [9.17, 15) is 4.79 Å². The Morgan fingerprint density at radius 3 is 2.74 bits per heavy atom. The van der Waals surface area contributed by atoms with Crippen LogP contribution in [-0.4, -0.2) is 41.4 Å². The third kappa shape index (κ3) is 2.65. The maximum absolute atomic E-state index is 12.4. The van der Waals surface area contributed by atoms with Crippen molar-refractivity contribution in [1.82, 2.24) is 9.80 Å². The highest BCUT2D eigenvalue weighted by molar-refractivity contribution is 7.10. The Kier molecular flexibility index (Phi) is 3.64. The number of amides is 1. The molecule has 116 valence electrons. The lowest BCUT2D eigenvalue weighted by Gasteiger charge is -2.46. The SMILES string of the molecule is N#Cc1ccc(C(=O)N2CC(N3CCc4sccc4C3)C2)cc1. The van der Waals surface area contributed by atoms with Crippen LogP contribution >= 0.6 is 11.3 Å². The predicted molar refractivity (Wildman–Crippen MR) is 89.3 cm³/mol. The second kappa shape index (κ2) is 5.80. The van der Waals surface area contributed by atoms with E-state index in [0.29, 0.717) is 17.2 Å². The molecule has 0 bridgehead atoms. The van der Waals surface area contributed by atoms with Crippen molar-refractivity contribution >= 4 is 17.2 Å². The molecular formula is C18H17N3OS. The summed E-state index contributed by atoms with van der Waals surface area (Å²) >= 11 is 1.86. The van der Waals surface area contributed by atoms with Crippen LogP contribution in [0, 0.1) is 11.3 Å². The van der Waals surface area contributed by atoms with Crippen LogP contribution < -0.4 is 0 Å². The van der Waals surface area contributed by atoms with Gasteiger partial charge < -0.3 is 4.90 Å². The van der Waals surface area contributed by atoms with Crippen LogP contribution in [-0.2, 0) is 13.0 Å². The number of thiophene rings is 1. The van der Waals surface area contributed by atoms with Gasteiger partial charge >= 0.3 is 0 Å². The molecule has 2 aromatic rings. The maximum atomic E-state index is 12.4. The van der Waals surface area contributed by atoms with Crippen LogP contribution in [0.2, 0.25) is 0 Å². The van der Waals surface area contributed by atoms with E-state index in [0.717, 1.165) is 32.6 Å². The molecule has 1 fully saturated rings. The highest BCUT2D eigenvalue weighted by atomic mass is 32.1. The first kappa shape index (κ1) is 14.4. The van der Waals surface area contributed by atoms with Crippen molar-refractivity contribution in [2.75, 3.05) is 19.6 Å². The van der Waals surface area contributed by atoms with E-state index >= 15 is 0 Å². The molecule has 2 aliphatic heterocycles. The van der Waals surface area contributed by atoms with Gasteiger partial charge in [0, 0.05) is 42.7 Å². The van der Waals surface area contributed by atoms with E-state index in [-0.39, 0.29) is 5.91 Å². The number of hydrogen-bond acceptors (Lipinski definition) is 4. The standard InChI is InChI=1S/C18H17N3OS/c19-9-13-1-3-14(4-2-13)18(22)21-11-16(12-21)20-7-5-17-15(10-20)6-8-23-17/h1-4,6,8,16H,5,7,10-12H2. The van der Waals surface area contributed by atoms with Crippen molar-refractivity contribution in [3.05, 3.63) is 57.3 Å². The summed E-state index contributed by atoms with van der Waals surface area (Å²) in [6.07, 6.45) is 1.13. The van der Waals surface area contributed by atoms with Crippen molar-refractivity contribution in [3.8, 4) is 6.07 Å². The molecule has 1 amide bonds. The van der Waals surface area contributed by atoms with Crippen molar-refractivity contribution < 1.29 is 4.79 Å². The van der Waals surface area contributed by atoms with Crippen LogP contribution in [0.3, 0.4) is 0 Å². The number of rotatable bonds is 2. The Labute approximate surface area is 139 Å². The Morgan fingerprint density at radius 2 is 2.00 bits per heavy atom. The minimum Gasteiger partial charge on any atom is -0.335 e. The fraction of sp³-hybridized carbons (Fsp3) is 0.333. The van der Waals surface area contributed by atoms with Crippen molar-refractivity contribution in [2.45, 2.75) is 19.0 Å². The van der Waals surface area contributed by atoms with Gasteiger partial charge in [0.15, 0.2) is 0 Å². The van der Waals surface area contributed by atoms with Crippen molar-refractivity contribution in [3.63, 3.8) is 0 Å². The van der Waals surface area contributed by atoms with Gasteiger partial charge in [0.2, 0.25) is 0 Å². The number of likely N-dealkylation sites (tertiary alicyclic amines) is 1. The summed E-state index contributed by atoms with van der Waals surface area (Å²) in [5, 5.41) is 11.0. The predicted octanol–water partition coefficient (Wildman–Crippen LogP) is 2.50. The zero-order chi connectivity index (χ0) is 15.8. The molecule has 0 spiro atoms. The molecular weight excluding hydrogens is 306 g/mol. The molecule has 1 aromatic heterocycles. The average molecular weight is 323 g/mol. The van der Waals surface area contributed by atoms with Gasteiger partial charge in [-0.1, -0.05) is 0 Å². The summed E-state index contributed by atoms with van der Waals surface area (Å²) in [5.41, 5.74) is 2.71. The van der Waals surface area contributed by atoms with Gasteiger partial charge in [0.25, 0.3) is 5.91 Å².